The molecule has 1 aliphatic carbocycles. The third kappa shape index (κ3) is 4.17. The number of nitrogens with one attached hydrogen (secondary N) is 2. The van der Waals surface area contributed by atoms with Gasteiger partial charge in [0.25, 0.3) is 5.56 Å². The lowest BCUT2D eigenvalue weighted by molar-refractivity contribution is -0.137. The van der Waals surface area contributed by atoms with Crippen molar-refractivity contribution in [2.45, 2.75) is 23.9 Å². The summed E-state index contributed by atoms with van der Waals surface area (Å²) in [5, 5.41) is 7.81. The third-order valence-electron chi connectivity index (χ3n) is 6.65. The Kier molecular flexibility index (Phi) is 5.47. The molecule has 0 aliphatic heterocycles. The fourth-order valence-electron chi connectivity index (χ4n) is 4.39. The molecule has 1 fully saturated rings. The van der Waals surface area contributed by atoms with Crippen molar-refractivity contribution >= 4 is 32.0 Å². The zero-order valence-electron chi connectivity index (χ0n) is 20.0. The summed E-state index contributed by atoms with van der Waals surface area (Å²) < 4.78 is 70.7. The number of H-pyrrole nitrogens is 1. The predicted octanol–water partition coefficient (Wildman–Crippen LogP) is 3.97. The number of halogens is 3. The Morgan fingerprint density at radius 2 is 1.87 bits per heavy atom. The maximum Gasteiger partial charge on any atom is 0.416 e. The van der Waals surface area contributed by atoms with Crippen LogP contribution in [0.25, 0.3) is 38.9 Å². The van der Waals surface area contributed by atoms with Gasteiger partial charge in [0.1, 0.15) is 0 Å². The van der Waals surface area contributed by atoms with Crippen molar-refractivity contribution in [2.24, 2.45) is 13.0 Å². The van der Waals surface area contributed by atoms with E-state index in [9.17, 15) is 26.4 Å². The SMILES string of the molecule is Cn1ncc2c3[nH]n(-c4ccc(S(=O)(=O)NCC5CC5)cc4)c(=O)c3c(-c3cccc(C(F)(F)F)c3)nc21. The first-order valence-corrected chi connectivity index (χ1v) is 13.3. The van der Waals surface area contributed by atoms with Gasteiger partial charge in [0, 0.05) is 19.2 Å². The van der Waals surface area contributed by atoms with Crippen LogP contribution in [-0.2, 0) is 23.2 Å². The standard InChI is InChI=1S/C25H21F3N6O3S/c1-33-23-19(13-29-33)22-20(21(31-23)15-3-2-4-16(11-15)25(26,27)28)24(35)34(32-22)17-7-9-18(10-8-17)38(36,37)30-12-14-5-6-14/h2-4,7-11,13-14,30,32H,5-6,12H2,1H3. The summed E-state index contributed by atoms with van der Waals surface area (Å²) in [7, 11) is -2.05. The van der Waals surface area contributed by atoms with Crippen LogP contribution >= 0.6 is 0 Å². The molecule has 9 nitrogen and oxygen atoms in total. The highest BCUT2D eigenvalue weighted by Gasteiger charge is 2.31. The average Bonchev–Trinajstić information content (AvgIpc) is 3.57. The van der Waals surface area contributed by atoms with Gasteiger partial charge < -0.3 is 0 Å². The van der Waals surface area contributed by atoms with Gasteiger partial charge in [-0.3, -0.25) is 14.6 Å². The molecule has 0 atom stereocenters. The van der Waals surface area contributed by atoms with Crippen molar-refractivity contribution in [3.05, 3.63) is 70.6 Å². The van der Waals surface area contributed by atoms with E-state index < -0.39 is 27.3 Å². The molecule has 1 aliphatic rings. The summed E-state index contributed by atoms with van der Waals surface area (Å²) in [5.74, 6) is 0.373. The molecule has 5 aromatic rings. The minimum absolute atomic E-state index is 0.0621. The largest absolute Gasteiger partial charge is 0.416 e. The zero-order valence-corrected chi connectivity index (χ0v) is 20.8. The summed E-state index contributed by atoms with van der Waals surface area (Å²) in [4.78, 5) is 18.2. The van der Waals surface area contributed by atoms with E-state index in [0.717, 1.165) is 25.0 Å². The number of aromatic amines is 1. The topological polar surface area (TPSA) is 115 Å². The average molecular weight is 543 g/mol. The molecule has 0 amide bonds. The van der Waals surface area contributed by atoms with E-state index in [2.05, 4.69) is 19.9 Å². The lowest BCUT2D eigenvalue weighted by Crippen LogP contribution is -2.25. The van der Waals surface area contributed by atoms with Crippen LogP contribution in [0.3, 0.4) is 0 Å². The maximum absolute atomic E-state index is 13.6. The number of hydrogen-bond acceptors (Lipinski definition) is 5. The second-order valence-corrected chi connectivity index (χ2v) is 11.1. The van der Waals surface area contributed by atoms with Gasteiger partial charge in [0.15, 0.2) is 5.65 Å². The summed E-state index contributed by atoms with van der Waals surface area (Å²) in [6.07, 6.45) is -1.04. The Morgan fingerprint density at radius 1 is 1.13 bits per heavy atom. The van der Waals surface area contributed by atoms with Crippen LogP contribution in [-0.4, -0.2) is 39.5 Å². The molecule has 13 heteroatoms. The lowest BCUT2D eigenvalue weighted by atomic mass is 10.0. The second kappa shape index (κ2) is 8.53. The number of aryl methyl sites for hydroxylation is 1. The summed E-state index contributed by atoms with van der Waals surface area (Å²) in [6.45, 7) is 0.387. The van der Waals surface area contributed by atoms with Crippen LogP contribution in [0, 0.1) is 5.92 Å². The zero-order chi connectivity index (χ0) is 26.8. The Hall–Kier alpha value is -3.97. The molecule has 2 aromatic carbocycles. The van der Waals surface area contributed by atoms with Crippen molar-refractivity contribution in [1.82, 2.24) is 29.3 Å². The molecule has 1 saturated carbocycles. The van der Waals surface area contributed by atoms with Crippen LogP contribution in [0.5, 0.6) is 0 Å². The first-order valence-electron chi connectivity index (χ1n) is 11.8. The lowest BCUT2D eigenvalue weighted by Gasteiger charge is -2.09. The van der Waals surface area contributed by atoms with Crippen LogP contribution < -0.4 is 10.3 Å². The van der Waals surface area contributed by atoms with Crippen molar-refractivity contribution in [2.75, 3.05) is 6.54 Å². The molecule has 0 spiro atoms. The number of rotatable bonds is 6. The highest BCUT2D eigenvalue weighted by molar-refractivity contribution is 7.89. The monoisotopic (exact) mass is 542 g/mol. The van der Waals surface area contributed by atoms with Gasteiger partial charge in [-0.1, -0.05) is 12.1 Å². The van der Waals surface area contributed by atoms with Crippen LogP contribution in [0.2, 0.25) is 0 Å². The molecular formula is C25H21F3N6O3S. The summed E-state index contributed by atoms with van der Waals surface area (Å²) in [5.41, 5.74) is -0.139. The van der Waals surface area contributed by atoms with Crippen molar-refractivity contribution in [3.63, 3.8) is 0 Å². The van der Waals surface area contributed by atoms with Crippen LogP contribution in [0.4, 0.5) is 13.2 Å². The molecule has 196 valence electrons. The molecule has 3 aromatic heterocycles. The van der Waals surface area contributed by atoms with E-state index in [-0.39, 0.29) is 21.5 Å². The Bertz CT molecular complexity index is 1870. The van der Waals surface area contributed by atoms with Gasteiger partial charge in [-0.05, 0) is 55.2 Å². The van der Waals surface area contributed by atoms with E-state index in [4.69, 9.17) is 0 Å². The number of sulfonamides is 1. The molecule has 0 unspecified atom stereocenters. The Labute approximate surface area is 213 Å². The van der Waals surface area contributed by atoms with Gasteiger partial charge in [0.2, 0.25) is 10.0 Å². The number of alkyl halides is 3. The van der Waals surface area contributed by atoms with Crippen LogP contribution in [0.1, 0.15) is 18.4 Å². The van der Waals surface area contributed by atoms with Gasteiger partial charge in [-0.25, -0.2) is 22.8 Å². The predicted molar refractivity (Wildman–Crippen MR) is 134 cm³/mol. The van der Waals surface area contributed by atoms with Crippen molar-refractivity contribution < 1.29 is 21.6 Å². The smallest absolute Gasteiger partial charge is 0.289 e. The van der Waals surface area contributed by atoms with E-state index in [0.29, 0.717) is 34.7 Å². The van der Waals surface area contributed by atoms with Gasteiger partial charge in [-0.15, -0.1) is 0 Å². The van der Waals surface area contributed by atoms with Gasteiger partial charge in [-0.2, -0.15) is 18.3 Å². The van der Waals surface area contributed by atoms with Crippen molar-refractivity contribution in [3.8, 4) is 16.9 Å². The molecular weight excluding hydrogens is 521 g/mol. The van der Waals surface area contributed by atoms with E-state index in [1.165, 1.54) is 52.0 Å². The molecule has 0 radical (unpaired) electrons. The number of fused-ring (bicyclic) bond motifs is 3. The van der Waals surface area contributed by atoms with Crippen LogP contribution in [0.15, 0.2) is 64.4 Å². The van der Waals surface area contributed by atoms with Gasteiger partial charge >= 0.3 is 6.18 Å². The highest BCUT2D eigenvalue weighted by Crippen LogP contribution is 2.35. The summed E-state index contributed by atoms with van der Waals surface area (Å²) in [6, 6.07) is 10.4. The normalized spacial score (nSPS) is 14.5. The Balaban J connectivity index is 1.50. The number of benzene rings is 2. The fourth-order valence-corrected chi connectivity index (χ4v) is 5.51. The van der Waals surface area contributed by atoms with Crippen molar-refractivity contribution in [1.29, 1.82) is 0 Å². The quantitative estimate of drug-likeness (QED) is 0.337. The number of pyridine rings is 1. The second-order valence-electron chi connectivity index (χ2n) is 9.34. The summed E-state index contributed by atoms with van der Waals surface area (Å²) >= 11 is 0. The first kappa shape index (κ1) is 24.4. The van der Waals surface area contributed by atoms with Gasteiger partial charge in [0.05, 0.1) is 44.3 Å². The molecule has 2 N–H and O–H groups in total. The molecule has 38 heavy (non-hydrogen) atoms. The molecule has 3 heterocycles. The van der Waals surface area contributed by atoms with E-state index in [1.54, 1.807) is 7.05 Å². The minimum atomic E-state index is -4.57. The number of nitrogens with zero attached hydrogens (tertiary/aromatic N) is 4. The minimum Gasteiger partial charge on any atom is -0.289 e. The van der Waals surface area contributed by atoms with E-state index in [1.807, 2.05) is 0 Å². The number of aromatic nitrogens is 5. The molecule has 0 saturated heterocycles. The molecule has 6 rings (SSSR count). The fraction of sp³-hybridized carbons (Fsp3) is 0.240. The highest BCUT2D eigenvalue weighted by atomic mass is 32.2. The Morgan fingerprint density at radius 3 is 2.55 bits per heavy atom. The number of hydrogen-bond donors (Lipinski definition) is 2. The third-order valence-corrected chi connectivity index (χ3v) is 8.09. The first-order chi connectivity index (χ1) is 18.0. The maximum atomic E-state index is 13.6. The molecule has 0 bridgehead atoms. The van der Waals surface area contributed by atoms with E-state index >= 15 is 0 Å².